The van der Waals surface area contributed by atoms with Gasteiger partial charge in [0.15, 0.2) is 0 Å². The first kappa shape index (κ1) is 18.4. The Balaban J connectivity index is 2.15. The lowest BCUT2D eigenvalue weighted by atomic mass is 10.1. The predicted octanol–water partition coefficient (Wildman–Crippen LogP) is 5.06. The van der Waals surface area contributed by atoms with E-state index in [1.807, 2.05) is 72.5 Å². The van der Waals surface area contributed by atoms with Crippen LogP contribution in [0.15, 0.2) is 89.7 Å². The molecule has 0 aliphatic carbocycles. The van der Waals surface area contributed by atoms with Crippen molar-refractivity contribution in [3.63, 3.8) is 0 Å². The van der Waals surface area contributed by atoms with E-state index >= 15 is 0 Å². The van der Waals surface area contributed by atoms with Crippen LogP contribution in [0.3, 0.4) is 0 Å². The molecule has 0 N–H and O–H groups in total. The fourth-order valence-electron chi connectivity index (χ4n) is 3.66. The summed E-state index contributed by atoms with van der Waals surface area (Å²) in [5.74, 6) is 0. The summed E-state index contributed by atoms with van der Waals surface area (Å²) in [6.07, 6.45) is 0. The molecule has 0 saturated carbocycles. The maximum Gasteiger partial charge on any atom is 0.358 e. The topological polar surface area (TPSA) is 68.4 Å². The molecule has 1 heterocycles. The lowest BCUT2D eigenvalue weighted by molar-refractivity contribution is -0.385. The number of nitro groups is 1. The van der Waals surface area contributed by atoms with Crippen molar-refractivity contribution in [2.45, 2.75) is 6.92 Å². The molecule has 0 saturated heterocycles. The van der Waals surface area contributed by atoms with E-state index in [9.17, 15) is 14.9 Å². The monoisotopic (exact) mass is 385 g/mol. The van der Waals surface area contributed by atoms with Crippen LogP contribution in [0.5, 0.6) is 0 Å². The molecule has 1 aromatic heterocycles. The standard InChI is InChI=1S/C23H19N3O3/c1-2-24(17-11-5-3-6-12-17)21-19-15-9-10-16-20(19)25(18-13-7-4-8-14-18)23(27)22(21)26(28)29/h3-16H,2H2,1H3. The zero-order valence-corrected chi connectivity index (χ0v) is 15.9. The van der Waals surface area contributed by atoms with Gasteiger partial charge in [-0.2, -0.15) is 0 Å². The Morgan fingerprint density at radius 3 is 2.10 bits per heavy atom. The summed E-state index contributed by atoms with van der Waals surface area (Å²) < 4.78 is 1.41. The molecule has 144 valence electrons. The van der Waals surface area contributed by atoms with Gasteiger partial charge in [-0.25, -0.2) is 0 Å². The summed E-state index contributed by atoms with van der Waals surface area (Å²) >= 11 is 0. The van der Waals surface area contributed by atoms with Gasteiger partial charge in [0, 0.05) is 23.3 Å². The molecule has 0 fully saturated rings. The number of hydrogen-bond donors (Lipinski definition) is 0. The van der Waals surface area contributed by atoms with Crippen LogP contribution < -0.4 is 10.5 Å². The Bertz CT molecular complexity index is 1230. The van der Waals surface area contributed by atoms with Crippen molar-refractivity contribution in [2.75, 3.05) is 11.4 Å². The van der Waals surface area contributed by atoms with E-state index in [0.29, 0.717) is 28.8 Å². The average Bonchev–Trinajstić information content (AvgIpc) is 2.75. The molecule has 29 heavy (non-hydrogen) atoms. The van der Waals surface area contributed by atoms with Crippen LogP contribution in [-0.4, -0.2) is 16.0 Å². The molecule has 3 aromatic carbocycles. The third-order valence-electron chi connectivity index (χ3n) is 4.88. The molecule has 0 aliphatic rings. The van der Waals surface area contributed by atoms with Crippen molar-refractivity contribution in [3.8, 4) is 5.69 Å². The second-order valence-corrected chi connectivity index (χ2v) is 6.53. The molecule has 6 heteroatoms. The number of para-hydroxylation sites is 3. The average molecular weight is 385 g/mol. The van der Waals surface area contributed by atoms with Gasteiger partial charge < -0.3 is 4.90 Å². The predicted molar refractivity (Wildman–Crippen MR) is 115 cm³/mol. The van der Waals surface area contributed by atoms with Crippen molar-refractivity contribution in [1.82, 2.24) is 4.57 Å². The van der Waals surface area contributed by atoms with Crippen LogP contribution >= 0.6 is 0 Å². The third kappa shape index (κ3) is 3.14. The van der Waals surface area contributed by atoms with E-state index < -0.39 is 16.2 Å². The summed E-state index contributed by atoms with van der Waals surface area (Å²) in [4.78, 5) is 26.7. The number of hydrogen-bond acceptors (Lipinski definition) is 4. The largest absolute Gasteiger partial charge is 0.358 e. The second-order valence-electron chi connectivity index (χ2n) is 6.53. The maximum atomic E-state index is 13.4. The molecule has 0 radical (unpaired) electrons. The zero-order valence-electron chi connectivity index (χ0n) is 15.9. The van der Waals surface area contributed by atoms with Crippen molar-refractivity contribution in [3.05, 3.63) is 105 Å². The van der Waals surface area contributed by atoms with Crippen molar-refractivity contribution < 1.29 is 4.92 Å². The smallest absolute Gasteiger partial charge is 0.335 e. The normalized spacial score (nSPS) is 10.8. The third-order valence-corrected chi connectivity index (χ3v) is 4.88. The first-order valence-corrected chi connectivity index (χ1v) is 9.33. The van der Waals surface area contributed by atoms with Gasteiger partial charge in [-0.3, -0.25) is 19.5 Å². The lowest BCUT2D eigenvalue weighted by Crippen LogP contribution is -2.27. The molecule has 4 rings (SSSR count). The molecule has 0 spiro atoms. The van der Waals surface area contributed by atoms with E-state index in [1.165, 1.54) is 4.57 Å². The number of aromatic nitrogens is 1. The Labute approximate surface area is 167 Å². The minimum Gasteiger partial charge on any atom is -0.335 e. The highest BCUT2D eigenvalue weighted by Gasteiger charge is 2.30. The van der Waals surface area contributed by atoms with Crippen LogP contribution in [0.2, 0.25) is 0 Å². The van der Waals surface area contributed by atoms with Gasteiger partial charge in [-0.05, 0) is 37.3 Å². The summed E-state index contributed by atoms with van der Waals surface area (Å²) in [6, 6.07) is 25.7. The Morgan fingerprint density at radius 1 is 0.897 bits per heavy atom. The van der Waals surface area contributed by atoms with E-state index in [1.54, 1.807) is 24.3 Å². The Hall–Kier alpha value is -3.93. The molecule has 0 unspecified atom stereocenters. The van der Waals surface area contributed by atoms with Gasteiger partial charge >= 0.3 is 11.2 Å². The quantitative estimate of drug-likeness (QED) is 0.356. The fourth-order valence-corrected chi connectivity index (χ4v) is 3.66. The second kappa shape index (κ2) is 7.59. The zero-order chi connectivity index (χ0) is 20.4. The minimum absolute atomic E-state index is 0.316. The molecule has 0 aliphatic heterocycles. The minimum atomic E-state index is -0.649. The molecule has 0 amide bonds. The number of anilines is 2. The summed E-state index contributed by atoms with van der Waals surface area (Å²) in [5, 5.41) is 12.7. The highest BCUT2D eigenvalue weighted by Crippen LogP contribution is 2.38. The first-order valence-electron chi connectivity index (χ1n) is 9.33. The number of benzene rings is 3. The molecule has 4 aromatic rings. The van der Waals surface area contributed by atoms with Gasteiger partial charge in [0.1, 0.15) is 5.69 Å². The lowest BCUT2D eigenvalue weighted by Gasteiger charge is -2.25. The first-order chi connectivity index (χ1) is 14.1. The molecule has 0 bridgehead atoms. The van der Waals surface area contributed by atoms with E-state index in [4.69, 9.17) is 0 Å². The van der Waals surface area contributed by atoms with Gasteiger partial charge in [-0.15, -0.1) is 0 Å². The maximum absolute atomic E-state index is 13.4. The number of fused-ring (bicyclic) bond motifs is 1. The van der Waals surface area contributed by atoms with Gasteiger partial charge in [0.05, 0.1) is 10.4 Å². The van der Waals surface area contributed by atoms with E-state index in [0.717, 1.165) is 5.69 Å². The SMILES string of the molecule is CCN(c1ccccc1)c1c([N+](=O)[O-])c(=O)n(-c2ccccc2)c2ccccc12. The highest BCUT2D eigenvalue weighted by molar-refractivity contribution is 5.99. The van der Waals surface area contributed by atoms with Crippen molar-refractivity contribution >= 4 is 28.0 Å². The van der Waals surface area contributed by atoms with Crippen LogP contribution in [-0.2, 0) is 0 Å². The molecule has 0 atom stereocenters. The van der Waals surface area contributed by atoms with Gasteiger partial charge in [-0.1, -0.05) is 54.6 Å². The fraction of sp³-hybridized carbons (Fsp3) is 0.0870. The Kier molecular flexibility index (Phi) is 4.83. The van der Waals surface area contributed by atoms with Crippen LogP contribution in [0.1, 0.15) is 6.92 Å². The number of nitrogens with zero attached hydrogens (tertiary/aromatic N) is 3. The van der Waals surface area contributed by atoms with Crippen molar-refractivity contribution in [1.29, 1.82) is 0 Å². The van der Waals surface area contributed by atoms with Gasteiger partial charge in [0.25, 0.3) is 0 Å². The van der Waals surface area contributed by atoms with Crippen LogP contribution in [0.25, 0.3) is 16.6 Å². The highest BCUT2D eigenvalue weighted by atomic mass is 16.6. The molecular weight excluding hydrogens is 366 g/mol. The Morgan fingerprint density at radius 2 is 1.48 bits per heavy atom. The summed E-state index contributed by atoms with van der Waals surface area (Å²) in [6.45, 7) is 2.39. The molecular formula is C23H19N3O3. The summed E-state index contributed by atoms with van der Waals surface area (Å²) in [5.41, 5.74) is 1.24. The van der Waals surface area contributed by atoms with E-state index in [-0.39, 0.29) is 0 Å². The van der Waals surface area contributed by atoms with E-state index in [2.05, 4.69) is 0 Å². The number of pyridine rings is 1. The van der Waals surface area contributed by atoms with Gasteiger partial charge in [0.2, 0.25) is 0 Å². The number of rotatable bonds is 5. The van der Waals surface area contributed by atoms with Crippen molar-refractivity contribution in [2.24, 2.45) is 0 Å². The molecule has 6 nitrogen and oxygen atoms in total. The summed E-state index contributed by atoms with van der Waals surface area (Å²) in [7, 11) is 0. The van der Waals surface area contributed by atoms with Crippen LogP contribution in [0, 0.1) is 10.1 Å². The van der Waals surface area contributed by atoms with Crippen LogP contribution in [0.4, 0.5) is 17.1 Å².